The summed E-state index contributed by atoms with van der Waals surface area (Å²) >= 11 is 0. The lowest BCUT2D eigenvalue weighted by atomic mass is 10.1. The number of benzene rings is 1. The van der Waals surface area contributed by atoms with Gasteiger partial charge in [0, 0.05) is 30.4 Å². The van der Waals surface area contributed by atoms with Gasteiger partial charge in [-0.2, -0.15) is 0 Å². The number of nitrogens with one attached hydrogen (secondary N) is 1. The monoisotopic (exact) mass is 378 g/mol. The third-order valence-corrected chi connectivity index (χ3v) is 4.51. The molecular formula is C21H22N4O3. The second-order valence-corrected chi connectivity index (χ2v) is 6.67. The van der Waals surface area contributed by atoms with Gasteiger partial charge in [-0.15, -0.1) is 0 Å². The average molecular weight is 378 g/mol. The number of aromatic nitrogens is 3. The molecule has 0 radical (unpaired) electrons. The zero-order valence-electron chi connectivity index (χ0n) is 16.2. The highest BCUT2D eigenvalue weighted by Gasteiger charge is 2.14. The zero-order valence-corrected chi connectivity index (χ0v) is 16.2. The lowest BCUT2D eigenvalue weighted by Crippen LogP contribution is -2.20. The highest BCUT2D eigenvalue weighted by atomic mass is 16.5. The number of imidazole rings is 1. The Hall–Kier alpha value is -3.19. The van der Waals surface area contributed by atoms with E-state index in [1.54, 1.807) is 12.1 Å². The molecular weight excluding hydrogens is 356 g/mol. The maximum Gasteiger partial charge on any atom is 0.345 e. The molecule has 7 nitrogen and oxygen atoms in total. The van der Waals surface area contributed by atoms with Gasteiger partial charge in [-0.25, -0.2) is 9.78 Å². The molecule has 0 amide bonds. The van der Waals surface area contributed by atoms with Crippen LogP contribution >= 0.6 is 0 Å². The molecule has 3 heterocycles. The molecule has 4 rings (SSSR count). The molecule has 0 spiro atoms. The van der Waals surface area contributed by atoms with Crippen LogP contribution in [0.25, 0.3) is 27.9 Å². The fraction of sp³-hybridized carbons (Fsp3) is 0.286. The minimum Gasteiger partial charge on any atom is -0.492 e. The highest BCUT2D eigenvalue weighted by Crippen LogP contribution is 2.24. The summed E-state index contributed by atoms with van der Waals surface area (Å²) in [5, 5.41) is 4.01. The second-order valence-electron chi connectivity index (χ2n) is 6.67. The third kappa shape index (κ3) is 3.48. The van der Waals surface area contributed by atoms with Crippen LogP contribution in [0.1, 0.15) is 18.3 Å². The maximum atomic E-state index is 12.6. The third-order valence-electron chi connectivity index (χ3n) is 4.51. The summed E-state index contributed by atoms with van der Waals surface area (Å²) in [6.07, 6.45) is 3.71. The summed E-state index contributed by atoms with van der Waals surface area (Å²) in [5.41, 5.74) is 3.49. The van der Waals surface area contributed by atoms with Crippen molar-refractivity contribution in [2.24, 2.45) is 0 Å². The number of rotatable bonds is 6. The molecule has 0 atom stereocenters. The van der Waals surface area contributed by atoms with E-state index in [1.807, 2.05) is 49.7 Å². The van der Waals surface area contributed by atoms with Crippen molar-refractivity contribution in [3.8, 4) is 17.0 Å². The number of aryl methyl sites for hydroxylation is 2. The van der Waals surface area contributed by atoms with Gasteiger partial charge in [0.05, 0.1) is 22.6 Å². The molecule has 0 aliphatic heterocycles. The van der Waals surface area contributed by atoms with Crippen molar-refractivity contribution < 1.29 is 9.15 Å². The number of hydrogen-bond acceptors (Lipinski definition) is 6. The first-order valence-corrected chi connectivity index (χ1v) is 9.30. The topological polar surface area (TPSA) is 81.7 Å². The van der Waals surface area contributed by atoms with Crippen molar-refractivity contribution in [2.75, 3.05) is 19.7 Å². The Kier molecular flexibility index (Phi) is 4.83. The van der Waals surface area contributed by atoms with Crippen LogP contribution in [0.2, 0.25) is 0 Å². The summed E-state index contributed by atoms with van der Waals surface area (Å²) < 4.78 is 13.1. The Bertz CT molecular complexity index is 1210. The van der Waals surface area contributed by atoms with Crippen LogP contribution in [0.4, 0.5) is 0 Å². The lowest BCUT2D eigenvalue weighted by molar-refractivity contribution is 0.315. The minimum absolute atomic E-state index is 0.425. The smallest absolute Gasteiger partial charge is 0.345 e. The number of hydrogen-bond donors (Lipinski definition) is 1. The molecule has 7 heteroatoms. The maximum absolute atomic E-state index is 12.6. The Balaban J connectivity index is 1.70. The fourth-order valence-corrected chi connectivity index (χ4v) is 3.21. The number of fused-ring (bicyclic) bond motifs is 2. The van der Waals surface area contributed by atoms with Crippen molar-refractivity contribution >= 4 is 16.6 Å². The van der Waals surface area contributed by atoms with Crippen LogP contribution < -0.4 is 15.7 Å². The first-order chi connectivity index (χ1) is 13.5. The number of ether oxygens (including phenoxy) is 1. The van der Waals surface area contributed by atoms with Crippen molar-refractivity contribution in [1.29, 1.82) is 0 Å². The van der Waals surface area contributed by atoms with Gasteiger partial charge in [0.1, 0.15) is 17.9 Å². The van der Waals surface area contributed by atoms with Gasteiger partial charge in [0.2, 0.25) is 0 Å². The van der Waals surface area contributed by atoms with Gasteiger partial charge in [-0.05, 0) is 38.6 Å². The van der Waals surface area contributed by atoms with Crippen LogP contribution in [0, 0.1) is 13.8 Å². The highest BCUT2D eigenvalue weighted by molar-refractivity contribution is 5.82. The van der Waals surface area contributed by atoms with E-state index in [9.17, 15) is 4.79 Å². The molecule has 28 heavy (non-hydrogen) atoms. The number of likely N-dealkylation sites (N-methyl/N-ethyl adjacent to an activating group) is 1. The van der Waals surface area contributed by atoms with E-state index < -0.39 is 5.63 Å². The Morgan fingerprint density at radius 2 is 2.04 bits per heavy atom. The molecule has 0 aliphatic carbocycles. The average Bonchev–Trinajstić information content (AvgIpc) is 3.08. The largest absolute Gasteiger partial charge is 0.492 e. The van der Waals surface area contributed by atoms with E-state index in [4.69, 9.17) is 9.15 Å². The van der Waals surface area contributed by atoms with Gasteiger partial charge in [-0.1, -0.05) is 6.92 Å². The molecule has 3 aromatic heterocycles. The van der Waals surface area contributed by atoms with Crippen LogP contribution in [-0.2, 0) is 0 Å². The van der Waals surface area contributed by atoms with Gasteiger partial charge in [-0.3, -0.25) is 4.98 Å². The zero-order chi connectivity index (χ0) is 19.7. The summed E-state index contributed by atoms with van der Waals surface area (Å²) in [4.78, 5) is 21.6. The Labute approximate surface area is 162 Å². The van der Waals surface area contributed by atoms with Gasteiger partial charge in [0.25, 0.3) is 0 Å². The molecule has 0 saturated carbocycles. The standard InChI is InChI=1S/C21H22N4O3/c1-4-22-7-8-27-16-6-5-15-9-17(21(26)28-19(15)10-16)18-12-25-11-13(2)23-14(3)20(25)24-18/h5-6,9-12,22H,4,7-8H2,1-3H3. The van der Waals surface area contributed by atoms with E-state index in [0.717, 1.165) is 35.5 Å². The first-order valence-electron chi connectivity index (χ1n) is 9.30. The van der Waals surface area contributed by atoms with E-state index in [1.165, 1.54) is 0 Å². The van der Waals surface area contributed by atoms with Crippen LogP contribution in [-0.4, -0.2) is 34.1 Å². The van der Waals surface area contributed by atoms with E-state index in [0.29, 0.717) is 29.2 Å². The van der Waals surface area contributed by atoms with Crippen LogP contribution in [0.15, 0.2) is 45.9 Å². The summed E-state index contributed by atoms with van der Waals surface area (Å²) in [6.45, 7) is 8.09. The molecule has 0 saturated heterocycles. The molecule has 4 aromatic rings. The van der Waals surface area contributed by atoms with Crippen molar-refractivity contribution in [1.82, 2.24) is 19.7 Å². The Morgan fingerprint density at radius 1 is 1.18 bits per heavy atom. The predicted octanol–water partition coefficient (Wildman–Crippen LogP) is 3.11. The van der Waals surface area contributed by atoms with Crippen molar-refractivity contribution in [2.45, 2.75) is 20.8 Å². The molecule has 0 bridgehead atoms. The first kappa shape index (κ1) is 18.2. The van der Waals surface area contributed by atoms with E-state index in [2.05, 4.69) is 15.3 Å². The van der Waals surface area contributed by atoms with E-state index >= 15 is 0 Å². The summed E-state index contributed by atoms with van der Waals surface area (Å²) in [7, 11) is 0. The van der Waals surface area contributed by atoms with Crippen molar-refractivity contribution in [3.63, 3.8) is 0 Å². The SMILES string of the molecule is CCNCCOc1ccc2cc(-c3cn4cc(C)nc(C)c4n3)c(=O)oc2c1. The van der Waals surface area contributed by atoms with Gasteiger partial charge >= 0.3 is 5.63 Å². The van der Waals surface area contributed by atoms with Crippen molar-refractivity contribution in [3.05, 3.63) is 58.5 Å². The molecule has 1 aromatic carbocycles. The molecule has 144 valence electrons. The number of nitrogens with zero attached hydrogens (tertiary/aromatic N) is 3. The predicted molar refractivity (Wildman–Crippen MR) is 108 cm³/mol. The normalized spacial score (nSPS) is 11.4. The van der Waals surface area contributed by atoms with Gasteiger partial charge < -0.3 is 18.9 Å². The quantitative estimate of drug-likeness (QED) is 0.410. The molecule has 0 fully saturated rings. The minimum atomic E-state index is -0.428. The van der Waals surface area contributed by atoms with Gasteiger partial charge in [0.15, 0.2) is 5.65 Å². The van der Waals surface area contributed by atoms with E-state index in [-0.39, 0.29) is 0 Å². The molecule has 1 N–H and O–H groups in total. The lowest BCUT2D eigenvalue weighted by Gasteiger charge is -2.07. The van der Waals surface area contributed by atoms with Crippen LogP contribution in [0.3, 0.4) is 0 Å². The molecule has 0 aliphatic rings. The summed E-state index contributed by atoms with van der Waals surface area (Å²) in [6, 6.07) is 7.31. The fourth-order valence-electron chi connectivity index (χ4n) is 3.21. The molecule has 0 unspecified atom stereocenters. The Morgan fingerprint density at radius 3 is 2.86 bits per heavy atom. The summed E-state index contributed by atoms with van der Waals surface area (Å²) in [5.74, 6) is 0.672. The second kappa shape index (κ2) is 7.44. The van der Waals surface area contributed by atoms with Crippen LogP contribution in [0.5, 0.6) is 5.75 Å².